The summed E-state index contributed by atoms with van der Waals surface area (Å²) in [6.07, 6.45) is 18.0. The maximum absolute atomic E-state index is 4.98. The van der Waals surface area contributed by atoms with Crippen LogP contribution in [0.1, 0.15) is 42.0 Å². The second kappa shape index (κ2) is 9.30. The third kappa shape index (κ3) is 4.28. The van der Waals surface area contributed by atoms with E-state index in [1.807, 2.05) is 36.5 Å². The van der Waals surface area contributed by atoms with E-state index >= 15 is 0 Å². The second-order valence-corrected chi connectivity index (χ2v) is 9.24. The Morgan fingerprint density at radius 1 is 0.800 bits per heavy atom. The molecule has 2 aliphatic carbocycles. The van der Waals surface area contributed by atoms with E-state index in [2.05, 4.69) is 66.1 Å². The molecule has 0 saturated carbocycles. The highest BCUT2D eigenvalue weighted by Crippen LogP contribution is 2.30. The summed E-state index contributed by atoms with van der Waals surface area (Å²) in [5.41, 5.74) is 9.15. The molecule has 0 amide bonds. The van der Waals surface area contributed by atoms with Gasteiger partial charge in [-0.25, -0.2) is 15.0 Å². The minimum atomic E-state index is 0.761. The van der Waals surface area contributed by atoms with E-state index < -0.39 is 0 Å². The van der Waals surface area contributed by atoms with Gasteiger partial charge in [0.05, 0.1) is 11.4 Å². The van der Waals surface area contributed by atoms with Gasteiger partial charge in [-0.15, -0.1) is 0 Å². The summed E-state index contributed by atoms with van der Waals surface area (Å²) in [6, 6.07) is 19.0. The number of fused-ring (bicyclic) bond motifs is 1. The van der Waals surface area contributed by atoms with E-state index in [9.17, 15) is 0 Å². The summed E-state index contributed by atoms with van der Waals surface area (Å²) < 4.78 is 2.33. The number of aryl methyl sites for hydroxylation is 2. The number of aromatic nitrogens is 4. The van der Waals surface area contributed by atoms with Crippen LogP contribution in [0.15, 0.2) is 91.2 Å². The van der Waals surface area contributed by atoms with Crippen LogP contribution in [-0.2, 0) is 12.8 Å². The first-order valence-electron chi connectivity index (χ1n) is 12.4. The van der Waals surface area contributed by atoms with Crippen molar-refractivity contribution >= 4 is 5.57 Å². The molecule has 4 heteroatoms. The molecule has 6 rings (SSSR count). The zero-order valence-electron chi connectivity index (χ0n) is 20.0. The molecule has 0 saturated heterocycles. The Hall–Kier alpha value is -4.05. The molecular formula is C31H28N4. The quantitative estimate of drug-likeness (QED) is 0.329. The minimum Gasteiger partial charge on any atom is -0.303 e. The zero-order chi connectivity index (χ0) is 23.6. The summed E-state index contributed by atoms with van der Waals surface area (Å²) in [7, 11) is 0. The fourth-order valence-corrected chi connectivity index (χ4v) is 5.08. The predicted octanol–water partition coefficient (Wildman–Crippen LogP) is 7.08. The summed E-state index contributed by atoms with van der Waals surface area (Å²) in [5.74, 6) is 1.74. The van der Waals surface area contributed by atoms with E-state index in [0.717, 1.165) is 52.6 Å². The Kier molecular flexibility index (Phi) is 5.71. The van der Waals surface area contributed by atoms with Gasteiger partial charge in [-0.2, -0.15) is 0 Å². The van der Waals surface area contributed by atoms with Gasteiger partial charge in [0.15, 0.2) is 5.82 Å². The Morgan fingerprint density at radius 2 is 1.63 bits per heavy atom. The van der Waals surface area contributed by atoms with Gasteiger partial charge in [0.1, 0.15) is 5.82 Å². The molecule has 35 heavy (non-hydrogen) atoms. The molecule has 0 spiro atoms. The summed E-state index contributed by atoms with van der Waals surface area (Å²) >= 11 is 0. The van der Waals surface area contributed by atoms with Crippen molar-refractivity contribution in [1.82, 2.24) is 19.5 Å². The molecule has 0 aliphatic heterocycles. The fourth-order valence-electron chi connectivity index (χ4n) is 5.08. The van der Waals surface area contributed by atoms with Gasteiger partial charge in [0.2, 0.25) is 0 Å². The average Bonchev–Trinajstić information content (AvgIpc) is 3.06. The number of benzene rings is 1. The van der Waals surface area contributed by atoms with Crippen LogP contribution in [-0.4, -0.2) is 19.5 Å². The second-order valence-electron chi connectivity index (χ2n) is 9.24. The van der Waals surface area contributed by atoms with Crippen molar-refractivity contribution in [3.63, 3.8) is 0 Å². The highest BCUT2D eigenvalue weighted by atomic mass is 15.1. The van der Waals surface area contributed by atoms with Crippen LogP contribution in [0.4, 0.5) is 0 Å². The van der Waals surface area contributed by atoms with E-state index in [1.165, 1.54) is 36.2 Å². The van der Waals surface area contributed by atoms with Gasteiger partial charge in [-0.05, 0) is 68.9 Å². The smallest absolute Gasteiger partial charge is 0.156 e. The number of hydrogen-bond donors (Lipinski definition) is 0. The molecule has 0 atom stereocenters. The predicted molar refractivity (Wildman–Crippen MR) is 142 cm³/mol. The van der Waals surface area contributed by atoms with E-state index in [0.29, 0.717) is 0 Å². The first kappa shape index (κ1) is 21.5. The Bertz CT molecular complexity index is 1450. The van der Waals surface area contributed by atoms with E-state index in [1.54, 1.807) is 0 Å². The highest BCUT2D eigenvalue weighted by molar-refractivity contribution is 5.72. The molecular weight excluding hydrogens is 428 g/mol. The van der Waals surface area contributed by atoms with E-state index in [-0.39, 0.29) is 0 Å². The lowest BCUT2D eigenvalue weighted by molar-refractivity contribution is 0.659. The zero-order valence-corrected chi connectivity index (χ0v) is 20.0. The van der Waals surface area contributed by atoms with Crippen molar-refractivity contribution in [2.45, 2.75) is 39.0 Å². The van der Waals surface area contributed by atoms with Gasteiger partial charge >= 0.3 is 0 Å². The van der Waals surface area contributed by atoms with Crippen LogP contribution in [0.25, 0.3) is 33.9 Å². The normalized spacial score (nSPS) is 14.9. The maximum atomic E-state index is 4.98. The van der Waals surface area contributed by atoms with Crippen LogP contribution < -0.4 is 0 Å². The summed E-state index contributed by atoms with van der Waals surface area (Å²) in [6.45, 7) is 2.18. The van der Waals surface area contributed by atoms with Crippen LogP contribution in [0, 0.1) is 6.92 Å². The molecule has 0 N–H and O–H groups in total. The van der Waals surface area contributed by atoms with Crippen molar-refractivity contribution in [1.29, 1.82) is 0 Å². The van der Waals surface area contributed by atoms with Gasteiger partial charge in [0, 0.05) is 34.3 Å². The molecule has 0 radical (unpaired) electrons. The first-order chi connectivity index (χ1) is 17.3. The number of hydrogen-bond acceptors (Lipinski definition) is 3. The van der Waals surface area contributed by atoms with Gasteiger partial charge in [-0.1, -0.05) is 60.7 Å². The van der Waals surface area contributed by atoms with Gasteiger partial charge < -0.3 is 4.57 Å². The van der Waals surface area contributed by atoms with Crippen LogP contribution in [0.3, 0.4) is 0 Å². The van der Waals surface area contributed by atoms with E-state index in [4.69, 9.17) is 15.0 Å². The average molecular weight is 457 g/mol. The SMILES string of the molecule is Cc1cc2c(n1-c1ccc(-c3cc(-c4ccccc4)nc(C4=CC=CC=CC4)n3)cn1)CCCC2. The van der Waals surface area contributed by atoms with Gasteiger partial charge in [-0.3, -0.25) is 0 Å². The maximum Gasteiger partial charge on any atom is 0.156 e. The summed E-state index contributed by atoms with van der Waals surface area (Å²) in [5, 5.41) is 0. The van der Waals surface area contributed by atoms with Crippen molar-refractivity contribution in [3.05, 3.63) is 114 Å². The Balaban J connectivity index is 1.42. The summed E-state index contributed by atoms with van der Waals surface area (Å²) in [4.78, 5) is 14.8. The molecule has 4 aromatic rings. The minimum absolute atomic E-state index is 0.761. The lowest BCUT2D eigenvalue weighted by Crippen LogP contribution is -2.09. The van der Waals surface area contributed by atoms with Gasteiger partial charge in [0.25, 0.3) is 0 Å². The third-order valence-electron chi connectivity index (χ3n) is 6.84. The number of pyridine rings is 1. The molecule has 172 valence electrons. The molecule has 4 nitrogen and oxygen atoms in total. The lowest BCUT2D eigenvalue weighted by Gasteiger charge is -2.16. The monoisotopic (exact) mass is 456 g/mol. The first-order valence-corrected chi connectivity index (χ1v) is 12.4. The Morgan fingerprint density at radius 3 is 2.46 bits per heavy atom. The van der Waals surface area contributed by atoms with Crippen molar-refractivity contribution in [3.8, 4) is 28.3 Å². The molecule has 3 heterocycles. The number of allylic oxidation sites excluding steroid dienone is 6. The lowest BCUT2D eigenvalue weighted by atomic mass is 9.98. The largest absolute Gasteiger partial charge is 0.303 e. The fraction of sp³-hybridized carbons (Fsp3) is 0.194. The van der Waals surface area contributed by atoms with Crippen molar-refractivity contribution in [2.24, 2.45) is 0 Å². The molecule has 3 aromatic heterocycles. The Labute approximate surface area is 206 Å². The molecule has 0 bridgehead atoms. The van der Waals surface area contributed by atoms with Crippen molar-refractivity contribution < 1.29 is 0 Å². The van der Waals surface area contributed by atoms with Crippen LogP contribution in [0.2, 0.25) is 0 Å². The number of nitrogens with zero attached hydrogens (tertiary/aromatic N) is 4. The number of rotatable bonds is 4. The molecule has 0 fully saturated rings. The van der Waals surface area contributed by atoms with Crippen molar-refractivity contribution in [2.75, 3.05) is 0 Å². The van der Waals surface area contributed by atoms with Crippen LogP contribution in [0.5, 0.6) is 0 Å². The standard InChI is InChI=1S/C31H28N4/c1-22-19-25-15-9-10-16-29(25)35(22)30-18-17-26(21-32-30)28-20-27(23-11-7-4-8-12-23)33-31(34-28)24-13-5-2-3-6-14-24/h2-8,11-13,17-21H,9-10,14-16H2,1H3. The topological polar surface area (TPSA) is 43.6 Å². The molecule has 1 aromatic carbocycles. The molecule has 0 unspecified atom stereocenters. The molecule has 2 aliphatic rings. The van der Waals surface area contributed by atoms with Crippen LogP contribution >= 0.6 is 0 Å². The highest BCUT2D eigenvalue weighted by Gasteiger charge is 2.18. The third-order valence-corrected chi connectivity index (χ3v) is 6.84.